The first kappa shape index (κ1) is 14.4. The van der Waals surface area contributed by atoms with Gasteiger partial charge in [-0.1, -0.05) is 0 Å². The van der Waals surface area contributed by atoms with Crippen LogP contribution in [0.4, 0.5) is 5.95 Å². The minimum atomic E-state index is -0.339. The van der Waals surface area contributed by atoms with E-state index in [1.165, 1.54) is 0 Å². The Morgan fingerprint density at radius 2 is 2.33 bits per heavy atom. The van der Waals surface area contributed by atoms with Gasteiger partial charge in [-0.25, -0.2) is 9.97 Å². The number of amides is 1. The second kappa shape index (κ2) is 5.80. The lowest BCUT2D eigenvalue weighted by atomic mass is 10.2. The number of anilines is 1. The number of ether oxygens (including phenoxy) is 1. The number of aryl methyl sites for hydroxylation is 1. The highest BCUT2D eigenvalue weighted by Gasteiger charge is 2.16. The van der Waals surface area contributed by atoms with Crippen molar-refractivity contribution in [1.29, 1.82) is 0 Å². The van der Waals surface area contributed by atoms with E-state index in [2.05, 4.69) is 20.3 Å². The maximum absolute atomic E-state index is 12.5. The fourth-order valence-corrected chi connectivity index (χ4v) is 2.80. The second-order valence-corrected chi connectivity index (χ2v) is 5.54. The van der Waals surface area contributed by atoms with Gasteiger partial charge in [0.25, 0.3) is 11.5 Å². The molecule has 0 spiro atoms. The Bertz CT molecular complexity index is 962. The molecule has 0 aliphatic carbocycles. The first-order chi connectivity index (χ1) is 11.7. The van der Waals surface area contributed by atoms with Crippen LogP contribution in [-0.4, -0.2) is 32.0 Å². The van der Waals surface area contributed by atoms with Gasteiger partial charge in [0.1, 0.15) is 11.6 Å². The molecule has 8 heteroatoms. The fourth-order valence-electron chi connectivity index (χ4n) is 2.80. The van der Waals surface area contributed by atoms with Gasteiger partial charge in [-0.3, -0.25) is 19.5 Å². The number of nitrogens with zero attached hydrogens (tertiary/aromatic N) is 3. The van der Waals surface area contributed by atoms with E-state index in [-0.39, 0.29) is 18.1 Å². The van der Waals surface area contributed by atoms with Gasteiger partial charge in [0, 0.05) is 25.4 Å². The molecule has 3 heterocycles. The maximum Gasteiger partial charge on any atom is 0.264 e. The van der Waals surface area contributed by atoms with Crippen LogP contribution in [0.3, 0.4) is 0 Å². The van der Waals surface area contributed by atoms with E-state index in [1.807, 2.05) is 0 Å². The largest absolute Gasteiger partial charge is 0.484 e. The van der Waals surface area contributed by atoms with Crippen molar-refractivity contribution in [2.75, 3.05) is 11.9 Å². The molecule has 8 nitrogen and oxygen atoms in total. The van der Waals surface area contributed by atoms with Crippen LogP contribution in [0.5, 0.6) is 5.75 Å². The second-order valence-electron chi connectivity index (χ2n) is 5.54. The summed E-state index contributed by atoms with van der Waals surface area (Å²) < 4.78 is 7.17. The molecule has 0 radical (unpaired) electrons. The van der Waals surface area contributed by atoms with Crippen molar-refractivity contribution in [2.45, 2.75) is 19.4 Å². The van der Waals surface area contributed by atoms with Crippen molar-refractivity contribution in [2.24, 2.45) is 0 Å². The lowest BCUT2D eigenvalue weighted by Gasteiger charge is -2.08. The van der Waals surface area contributed by atoms with E-state index in [0.717, 1.165) is 18.7 Å². The highest BCUT2D eigenvalue weighted by atomic mass is 16.5. The third-order valence-electron chi connectivity index (χ3n) is 3.91. The molecular weight excluding hydrogens is 310 g/mol. The van der Waals surface area contributed by atoms with Gasteiger partial charge >= 0.3 is 0 Å². The molecule has 0 bridgehead atoms. The standard InChI is InChI=1S/C16H15N5O3/c22-14(20-16-17-5-6-18-16)9-24-10-3-4-12-11(8-10)15(23)21-7-1-2-13(21)19-12/h3-6,8H,1-2,7,9H2,(H2,17,18,20,22). The molecule has 1 aliphatic rings. The van der Waals surface area contributed by atoms with Crippen LogP contribution in [0.2, 0.25) is 0 Å². The average molecular weight is 325 g/mol. The predicted octanol–water partition coefficient (Wildman–Crippen LogP) is 1.08. The number of carbonyl (C=O) groups excluding carboxylic acids is 1. The molecule has 4 rings (SSSR count). The summed E-state index contributed by atoms with van der Waals surface area (Å²) in [5, 5.41) is 3.07. The molecule has 2 aromatic heterocycles. The Kier molecular flexibility index (Phi) is 3.49. The van der Waals surface area contributed by atoms with Crippen LogP contribution < -0.4 is 15.6 Å². The maximum atomic E-state index is 12.5. The van der Waals surface area contributed by atoms with Crippen LogP contribution in [0.1, 0.15) is 12.2 Å². The minimum absolute atomic E-state index is 0.0574. The van der Waals surface area contributed by atoms with E-state index >= 15 is 0 Å². The number of nitrogens with one attached hydrogen (secondary N) is 2. The van der Waals surface area contributed by atoms with Crippen molar-refractivity contribution < 1.29 is 9.53 Å². The molecule has 24 heavy (non-hydrogen) atoms. The van der Waals surface area contributed by atoms with Crippen LogP contribution in [-0.2, 0) is 17.8 Å². The molecule has 1 amide bonds. The van der Waals surface area contributed by atoms with Gasteiger partial charge in [-0.15, -0.1) is 0 Å². The van der Waals surface area contributed by atoms with E-state index in [1.54, 1.807) is 35.2 Å². The first-order valence-electron chi connectivity index (χ1n) is 7.66. The van der Waals surface area contributed by atoms with Gasteiger partial charge in [0.05, 0.1) is 10.9 Å². The van der Waals surface area contributed by atoms with E-state index < -0.39 is 0 Å². The Balaban J connectivity index is 1.53. The van der Waals surface area contributed by atoms with Crippen molar-refractivity contribution in [1.82, 2.24) is 19.5 Å². The molecule has 0 saturated heterocycles. The molecule has 3 aromatic rings. The Hall–Kier alpha value is -3.16. The Labute approximate surface area is 136 Å². The van der Waals surface area contributed by atoms with Crippen LogP contribution in [0, 0.1) is 0 Å². The summed E-state index contributed by atoms with van der Waals surface area (Å²) in [7, 11) is 0. The van der Waals surface area contributed by atoms with Crippen molar-refractivity contribution in [3.8, 4) is 5.75 Å². The highest BCUT2D eigenvalue weighted by Crippen LogP contribution is 2.19. The summed E-state index contributed by atoms with van der Waals surface area (Å²) >= 11 is 0. The van der Waals surface area contributed by atoms with Gasteiger partial charge in [0.15, 0.2) is 6.61 Å². The molecule has 122 valence electrons. The van der Waals surface area contributed by atoms with Crippen LogP contribution in [0.25, 0.3) is 10.9 Å². The zero-order valence-electron chi connectivity index (χ0n) is 12.8. The number of H-pyrrole nitrogens is 1. The SMILES string of the molecule is O=C(COc1ccc2nc3n(c(=O)c2c1)CCC3)Nc1ncc[nH]1. The zero-order valence-corrected chi connectivity index (χ0v) is 12.8. The summed E-state index contributed by atoms with van der Waals surface area (Å²) in [5.74, 6) is 1.31. The number of rotatable bonds is 4. The molecule has 0 atom stereocenters. The zero-order chi connectivity index (χ0) is 16.5. The molecule has 2 N–H and O–H groups in total. The van der Waals surface area contributed by atoms with E-state index in [9.17, 15) is 9.59 Å². The topological polar surface area (TPSA) is 102 Å². The van der Waals surface area contributed by atoms with E-state index in [4.69, 9.17) is 4.74 Å². The summed E-state index contributed by atoms with van der Waals surface area (Å²) in [5.41, 5.74) is 0.596. The van der Waals surface area contributed by atoms with Gasteiger partial charge < -0.3 is 9.72 Å². The number of fused-ring (bicyclic) bond motifs is 2. The number of hydrogen-bond donors (Lipinski definition) is 2. The van der Waals surface area contributed by atoms with Crippen LogP contribution in [0.15, 0.2) is 35.4 Å². The third-order valence-corrected chi connectivity index (χ3v) is 3.91. The van der Waals surface area contributed by atoms with E-state index in [0.29, 0.717) is 29.1 Å². The smallest absolute Gasteiger partial charge is 0.264 e. The van der Waals surface area contributed by atoms with Crippen molar-refractivity contribution in [3.63, 3.8) is 0 Å². The third kappa shape index (κ3) is 2.62. The summed E-state index contributed by atoms with van der Waals surface area (Å²) in [6.45, 7) is 0.527. The van der Waals surface area contributed by atoms with Gasteiger partial charge in [-0.2, -0.15) is 0 Å². The molecule has 0 fully saturated rings. The lowest BCUT2D eigenvalue weighted by molar-refractivity contribution is -0.118. The Morgan fingerprint density at radius 3 is 3.17 bits per heavy atom. The quantitative estimate of drug-likeness (QED) is 0.747. The number of carbonyl (C=O) groups is 1. The van der Waals surface area contributed by atoms with Crippen LogP contribution >= 0.6 is 0 Å². The highest BCUT2D eigenvalue weighted by molar-refractivity contribution is 5.90. The molecule has 1 aromatic carbocycles. The summed E-state index contributed by atoms with van der Waals surface area (Å²) in [6.07, 6.45) is 4.92. The molecule has 1 aliphatic heterocycles. The number of imidazole rings is 1. The lowest BCUT2D eigenvalue weighted by Crippen LogP contribution is -2.22. The number of aromatic amines is 1. The average Bonchev–Trinajstić information content (AvgIpc) is 3.25. The van der Waals surface area contributed by atoms with Crippen molar-refractivity contribution >= 4 is 22.8 Å². The normalized spacial score (nSPS) is 13.0. The van der Waals surface area contributed by atoms with Crippen molar-refractivity contribution in [3.05, 3.63) is 46.8 Å². The monoisotopic (exact) mass is 325 g/mol. The van der Waals surface area contributed by atoms with Gasteiger partial charge in [0.2, 0.25) is 5.95 Å². The van der Waals surface area contributed by atoms with Gasteiger partial charge in [-0.05, 0) is 24.6 Å². The Morgan fingerprint density at radius 1 is 1.42 bits per heavy atom. The number of benzene rings is 1. The minimum Gasteiger partial charge on any atom is -0.484 e. The number of aromatic nitrogens is 4. The predicted molar refractivity (Wildman–Crippen MR) is 87.0 cm³/mol. The fraction of sp³-hybridized carbons (Fsp3) is 0.250. The molecule has 0 unspecified atom stereocenters. The summed E-state index contributed by atoms with van der Waals surface area (Å²) in [6, 6.07) is 5.09. The first-order valence-corrected chi connectivity index (χ1v) is 7.66. The number of hydrogen-bond acceptors (Lipinski definition) is 5. The molecule has 0 saturated carbocycles. The summed E-state index contributed by atoms with van der Waals surface area (Å²) in [4.78, 5) is 35.5. The molecular formula is C16H15N5O3.